The predicted molar refractivity (Wildman–Crippen MR) is 72.4 cm³/mol. The first-order valence-electron chi connectivity index (χ1n) is 6.74. The highest BCUT2D eigenvalue weighted by molar-refractivity contribution is 5.85. The third-order valence-electron chi connectivity index (χ3n) is 4.04. The normalized spacial score (nSPS) is 25.8. The van der Waals surface area contributed by atoms with E-state index in [0.29, 0.717) is 5.41 Å². The molecule has 3 nitrogen and oxygen atoms in total. The Bertz CT molecular complexity index is 248. The number of halogens is 1. The molecule has 0 aromatic heterocycles. The van der Waals surface area contributed by atoms with E-state index in [-0.39, 0.29) is 24.2 Å². The molecule has 1 saturated heterocycles. The third-order valence-corrected chi connectivity index (χ3v) is 4.04. The zero-order valence-corrected chi connectivity index (χ0v) is 11.6. The second-order valence-electron chi connectivity index (χ2n) is 5.51. The smallest absolute Gasteiger partial charge is 0.224 e. The molecule has 1 aliphatic heterocycles. The van der Waals surface area contributed by atoms with Crippen molar-refractivity contribution in [3.8, 4) is 0 Å². The number of rotatable bonds is 5. The van der Waals surface area contributed by atoms with E-state index >= 15 is 0 Å². The Morgan fingerprint density at radius 3 is 2.76 bits per heavy atom. The molecule has 0 aromatic carbocycles. The monoisotopic (exact) mass is 260 g/mol. The first-order valence-corrected chi connectivity index (χ1v) is 6.74. The van der Waals surface area contributed by atoms with E-state index in [4.69, 9.17) is 0 Å². The summed E-state index contributed by atoms with van der Waals surface area (Å²) >= 11 is 0. The molecule has 0 aromatic rings. The molecule has 0 unspecified atom stereocenters. The van der Waals surface area contributed by atoms with Crippen LogP contribution in [0, 0.1) is 11.3 Å². The molecule has 2 aliphatic rings. The molecular weight excluding hydrogens is 236 g/mol. The van der Waals surface area contributed by atoms with Gasteiger partial charge >= 0.3 is 0 Å². The van der Waals surface area contributed by atoms with Gasteiger partial charge in [-0.1, -0.05) is 13.3 Å². The summed E-state index contributed by atoms with van der Waals surface area (Å²) in [5.41, 5.74) is 0.479. The molecule has 1 heterocycles. The average Bonchev–Trinajstić information content (AvgIpc) is 3.08. The predicted octanol–water partition coefficient (Wildman–Crippen LogP) is 2.10. The van der Waals surface area contributed by atoms with Crippen LogP contribution in [-0.2, 0) is 4.79 Å². The van der Waals surface area contributed by atoms with Gasteiger partial charge in [0.25, 0.3) is 0 Å². The van der Waals surface area contributed by atoms with Gasteiger partial charge in [-0.15, -0.1) is 12.4 Å². The molecule has 2 rings (SSSR count). The van der Waals surface area contributed by atoms with E-state index in [1.54, 1.807) is 0 Å². The Hall–Kier alpha value is -0.280. The van der Waals surface area contributed by atoms with Crippen LogP contribution in [0.15, 0.2) is 0 Å². The third kappa shape index (κ3) is 4.14. The summed E-state index contributed by atoms with van der Waals surface area (Å²) in [4.78, 5) is 11.9. The lowest BCUT2D eigenvalue weighted by Crippen LogP contribution is -2.42. The Morgan fingerprint density at radius 1 is 1.47 bits per heavy atom. The number of hydrogen-bond acceptors (Lipinski definition) is 2. The maximum Gasteiger partial charge on any atom is 0.224 e. The quantitative estimate of drug-likeness (QED) is 0.795. The van der Waals surface area contributed by atoms with Crippen LogP contribution in [0.4, 0.5) is 0 Å². The molecule has 4 heteroatoms. The van der Waals surface area contributed by atoms with Crippen molar-refractivity contribution in [1.29, 1.82) is 0 Å². The van der Waals surface area contributed by atoms with E-state index in [0.717, 1.165) is 32.5 Å². The summed E-state index contributed by atoms with van der Waals surface area (Å²) in [6.45, 7) is 5.08. The van der Waals surface area contributed by atoms with Crippen LogP contribution < -0.4 is 10.6 Å². The van der Waals surface area contributed by atoms with Gasteiger partial charge in [0.05, 0.1) is 5.92 Å². The van der Waals surface area contributed by atoms with Crippen molar-refractivity contribution < 1.29 is 4.79 Å². The van der Waals surface area contributed by atoms with Crippen LogP contribution in [0.2, 0.25) is 0 Å². The summed E-state index contributed by atoms with van der Waals surface area (Å²) in [7, 11) is 0. The van der Waals surface area contributed by atoms with Gasteiger partial charge in [-0.2, -0.15) is 0 Å². The van der Waals surface area contributed by atoms with Crippen molar-refractivity contribution in [2.45, 2.75) is 45.4 Å². The lowest BCUT2D eigenvalue weighted by molar-refractivity contribution is -0.125. The zero-order valence-electron chi connectivity index (χ0n) is 10.8. The van der Waals surface area contributed by atoms with E-state index in [1.807, 2.05) is 0 Å². The number of amides is 1. The van der Waals surface area contributed by atoms with Gasteiger partial charge in [-0.25, -0.2) is 0 Å². The van der Waals surface area contributed by atoms with Crippen LogP contribution in [-0.4, -0.2) is 25.5 Å². The zero-order chi connectivity index (χ0) is 11.4. The minimum atomic E-state index is 0. The van der Waals surface area contributed by atoms with Gasteiger partial charge < -0.3 is 10.6 Å². The Labute approximate surface area is 111 Å². The summed E-state index contributed by atoms with van der Waals surface area (Å²) in [6.07, 6.45) is 7.32. The lowest BCUT2D eigenvalue weighted by Gasteiger charge is -2.23. The van der Waals surface area contributed by atoms with Gasteiger partial charge in [-0.3, -0.25) is 4.79 Å². The molecule has 17 heavy (non-hydrogen) atoms. The molecule has 1 amide bonds. The van der Waals surface area contributed by atoms with Crippen LogP contribution in [0.1, 0.15) is 45.4 Å². The topological polar surface area (TPSA) is 41.1 Å². The molecule has 1 atom stereocenters. The minimum absolute atomic E-state index is 0. The van der Waals surface area contributed by atoms with Crippen LogP contribution in [0.25, 0.3) is 0 Å². The molecule has 1 saturated carbocycles. The molecule has 0 radical (unpaired) electrons. The van der Waals surface area contributed by atoms with Crippen molar-refractivity contribution in [1.82, 2.24) is 10.6 Å². The lowest BCUT2D eigenvalue weighted by atomic mass is 9.97. The SMILES string of the molecule is CCCC1(CNC(=O)[C@@H]2CCCNC2)CC1.Cl. The fourth-order valence-electron chi connectivity index (χ4n) is 2.72. The van der Waals surface area contributed by atoms with Gasteiger partial charge in [0.1, 0.15) is 0 Å². The summed E-state index contributed by atoms with van der Waals surface area (Å²) < 4.78 is 0. The Morgan fingerprint density at radius 2 is 2.24 bits per heavy atom. The van der Waals surface area contributed by atoms with Crippen molar-refractivity contribution >= 4 is 18.3 Å². The fraction of sp³-hybridized carbons (Fsp3) is 0.923. The largest absolute Gasteiger partial charge is 0.355 e. The van der Waals surface area contributed by atoms with Gasteiger partial charge in [-0.05, 0) is 44.1 Å². The number of carbonyl (C=O) groups excluding carboxylic acids is 1. The molecule has 0 spiro atoms. The van der Waals surface area contributed by atoms with Crippen LogP contribution in [0.5, 0.6) is 0 Å². The van der Waals surface area contributed by atoms with Crippen molar-refractivity contribution in [2.24, 2.45) is 11.3 Å². The second-order valence-corrected chi connectivity index (χ2v) is 5.51. The number of nitrogens with one attached hydrogen (secondary N) is 2. The van der Waals surface area contributed by atoms with E-state index in [1.165, 1.54) is 25.7 Å². The van der Waals surface area contributed by atoms with Crippen molar-refractivity contribution in [2.75, 3.05) is 19.6 Å². The molecular formula is C13H25ClN2O. The maximum absolute atomic E-state index is 11.9. The molecule has 1 aliphatic carbocycles. The summed E-state index contributed by atoms with van der Waals surface area (Å²) in [6, 6.07) is 0. The second kappa shape index (κ2) is 6.60. The van der Waals surface area contributed by atoms with Gasteiger partial charge in [0.15, 0.2) is 0 Å². The standard InChI is InChI=1S/C13H24N2O.ClH/c1-2-5-13(6-7-13)10-15-12(16)11-4-3-8-14-9-11;/h11,14H,2-10H2,1H3,(H,15,16);1H/t11-;/m1./s1. The fourth-order valence-corrected chi connectivity index (χ4v) is 2.72. The number of hydrogen-bond donors (Lipinski definition) is 2. The number of carbonyl (C=O) groups is 1. The van der Waals surface area contributed by atoms with Crippen molar-refractivity contribution in [3.63, 3.8) is 0 Å². The molecule has 100 valence electrons. The highest BCUT2D eigenvalue weighted by atomic mass is 35.5. The van der Waals surface area contributed by atoms with E-state index < -0.39 is 0 Å². The maximum atomic E-state index is 11.9. The van der Waals surface area contributed by atoms with Crippen LogP contribution in [0.3, 0.4) is 0 Å². The minimum Gasteiger partial charge on any atom is -0.355 e. The first kappa shape index (κ1) is 14.8. The highest BCUT2D eigenvalue weighted by Crippen LogP contribution is 2.48. The summed E-state index contributed by atoms with van der Waals surface area (Å²) in [5.74, 6) is 0.487. The van der Waals surface area contributed by atoms with Crippen molar-refractivity contribution in [3.05, 3.63) is 0 Å². The Balaban J connectivity index is 0.00000144. The van der Waals surface area contributed by atoms with Gasteiger partial charge in [0.2, 0.25) is 5.91 Å². The molecule has 0 bridgehead atoms. The Kier molecular flexibility index (Phi) is 5.74. The van der Waals surface area contributed by atoms with E-state index in [2.05, 4.69) is 17.6 Å². The van der Waals surface area contributed by atoms with Gasteiger partial charge in [0, 0.05) is 13.1 Å². The molecule has 2 fully saturated rings. The molecule has 2 N–H and O–H groups in total. The summed E-state index contributed by atoms with van der Waals surface area (Å²) in [5, 5.41) is 6.45. The van der Waals surface area contributed by atoms with E-state index in [9.17, 15) is 4.79 Å². The highest BCUT2D eigenvalue weighted by Gasteiger charge is 2.41. The number of piperidine rings is 1. The first-order chi connectivity index (χ1) is 7.76. The van der Waals surface area contributed by atoms with Crippen LogP contribution >= 0.6 is 12.4 Å². The average molecular weight is 261 g/mol.